The summed E-state index contributed by atoms with van der Waals surface area (Å²) >= 11 is 11.0. The van der Waals surface area contributed by atoms with Crippen LogP contribution in [-0.2, 0) is 0 Å². The molecule has 10 nitrogen and oxygen atoms in total. The van der Waals surface area contributed by atoms with Crippen LogP contribution in [0.5, 0.6) is 0 Å². The van der Waals surface area contributed by atoms with Gasteiger partial charge in [0.2, 0.25) is 10.6 Å². The number of hydrogen-bond donors (Lipinski definition) is 4. The molecule has 0 fully saturated rings. The molecule has 6 N–H and O–H groups in total. The Morgan fingerprint density at radius 2 is 1.14 bits per heavy atom. The van der Waals surface area contributed by atoms with Crippen LogP contribution in [-0.4, -0.2) is 39.9 Å². The fourth-order valence-electron chi connectivity index (χ4n) is 1.66. The van der Waals surface area contributed by atoms with E-state index in [1.807, 2.05) is 0 Å². The molecule has 0 aliphatic carbocycles. The van der Waals surface area contributed by atoms with Gasteiger partial charge in [0, 0.05) is 0 Å². The second-order valence-corrected chi connectivity index (χ2v) is 4.63. The van der Waals surface area contributed by atoms with E-state index in [4.69, 9.17) is 34.7 Å². The molecule has 4 rings (SSSR count). The van der Waals surface area contributed by atoms with Crippen molar-refractivity contribution >= 4 is 57.2 Å². The lowest BCUT2D eigenvalue weighted by Crippen LogP contribution is -1.94. The largest absolute Gasteiger partial charge is 0.382 e. The topological polar surface area (TPSA) is 161 Å². The van der Waals surface area contributed by atoms with Gasteiger partial charge in [-0.1, -0.05) is 0 Å². The fraction of sp³-hybridized carbons (Fsp3) is 0. The van der Waals surface area contributed by atoms with Crippen molar-refractivity contribution in [3.8, 4) is 0 Å². The number of rotatable bonds is 0. The minimum absolute atomic E-state index is 0.113. The van der Waals surface area contributed by atoms with Crippen LogP contribution in [0, 0.1) is 0 Å². The molecule has 0 saturated carbocycles. The molecular weight excluding hydrogens is 331 g/mol. The third-order valence-electron chi connectivity index (χ3n) is 2.57. The lowest BCUT2D eigenvalue weighted by molar-refractivity contribution is 1.21. The zero-order valence-electron chi connectivity index (χ0n) is 10.7. The first-order valence-corrected chi connectivity index (χ1v) is 6.54. The number of nitrogens with two attached hydrogens (primary N) is 2. The van der Waals surface area contributed by atoms with Gasteiger partial charge in [-0.25, -0.2) is 9.97 Å². The van der Waals surface area contributed by atoms with E-state index in [1.165, 1.54) is 12.7 Å². The maximum atomic E-state index is 5.52. The molecule has 112 valence electrons. The maximum Gasteiger partial charge on any atom is 0.226 e. The van der Waals surface area contributed by atoms with Crippen molar-refractivity contribution in [1.29, 1.82) is 0 Å². The van der Waals surface area contributed by atoms with Crippen LogP contribution in [0.3, 0.4) is 0 Å². The average Bonchev–Trinajstić information content (AvgIpc) is 3.07. The van der Waals surface area contributed by atoms with Crippen LogP contribution >= 0.6 is 23.2 Å². The van der Waals surface area contributed by atoms with Crippen molar-refractivity contribution in [2.45, 2.75) is 0 Å². The van der Waals surface area contributed by atoms with Gasteiger partial charge in [-0.05, 0) is 23.2 Å². The Morgan fingerprint density at radius 1 is 0.727 bits per heavy atom. The molecule has 4 aromatic heterocycles. The second-order valence-electron chi connectivity index (χ2n) is 3.96. The standard InChI is InChI=1S/2C5H4ClN5/c2*6-5-10-3(7)2-4(11-5)9-1-8-2/h2*1H,(H3,7,8,9,10,11). The first kappa shape index (κ1) is 14.2. The molecule has 0 spiro atoms. The van der Waals surface area contributed by atoms with Gasteiger partial charge in [0.15, 0.2) is 22.9 Å². The quantitative estimate of drug-likeness (QED) is 0.347. The summed E-state index contributed by atoms with van der Waals surface area (Å²) in [6.07, 6.45) is 2.98. The van der Waals surface area contributed by atoms with E-state index in [2.05, 4.69) is 39.9 Å². The van der Waals surface area contributed by atoms with Gasteiger partial charge < -0.3 is 21.4 Å². The number of nitrogen functional groups attached to an aromatic ring is 2. The molecule has 0 saturated heterocycles. The minimum atomic E-state index is 0.113. The minimum Gasteiger partial charge on any atom is -0.382 e. The fourth-order valence-corrected chi connectivity index (χ4v) is 2.00. The third-order valence-corrected chi connectivity index (χ3v) is 2.91. The van der Waals surface area contributed by atoms with Crippen LogP contribution in [0.1, 0.15) is 0 Å². The molecule has 0 aliphatic heterocycles. The number of hydrogen-bond acceptors (Lipinski definition) is 8. The maximum absolute atomic E-state index is 5.52. The van der Waals surface area contributed by atoms with Gasteiger partial charge >= 0.3 is 0 Å². The van der Waals surface area contributed by atoms with E-state index in [0.29, 0.717) is 34.0 Å². The van der Waals surface area contributed by atoms with E-state index >= 15 is 0 Å². The number of halogens is 2. The summed E-state index contributed by atoms with van der Waals surface area (Å²) in [5.74, 6) is 0.634. The highest BCUT2D eigenvalue weighted by atomic mass is 35.5. The molecular formula is C10H8Cl2N10. The molecule has 0 aromatic carbocycles. The summed E-state index contributed by atoms with van der Waals surface area (Å²) in [6.45, 7) is 0. The van der Waals surface area contributed by atoms with Gasteiger partial charge in [-0.2, -0.15) is 19.9 Å². The number of H-pyrrole nitrogens is 2. The summed E-state index contributed by atoms with van der Waals surface area (Å²) in [6, 6.07) is 0. The molecule has 12 heteroatoms. The van der Waals surface area contributed by atoms with Gasteiger partial charge in [-0.15, -0.1) is 0 Å². The average molecular weight is 339 g/mol. The zero-order valence-corrected chi connectivity index (χ0v) is 12.3. The zero-order chi connectivity index (χ0) is 15.7. The highest BCUT2D eigenvalue weighted by molar-refractivity contribution is 6.29. The van der Waals surface area contributed by atoms with Crippen LogP contribution in [0.4, 0.5) is 11.6 Å². The number of anilines is 2. The van der Waals surface area contributed by atoms with Crippen molar-refractivity contribution in [1.82, 2.24) is 39.9 Å². The van der Waals surface area contributed by atoms with Crippen LogP contribution < -0.4 is 11.5 Å². The Hall–Kier alpha value is -2.72. The molecule has 0 atom stereocenters. The molecule has 0 bridgehead atoms. The van der Waals surface area contributed by atoms with Crippen LogP contribution in [0.25, 0.3) is 22.3 Å². The van der Waals surface area contributed by atoms with Crippen molar-refractivity contribution in [2.24, 2.45) is 0 Å². The summed E-state index contributed by atoms with van der Waals surface area (Å²) < 4.78 is 0. The normalized spacial score (nSPS) is 10.6. The molecule has 0 aliphatic rings. The molecule has 4 aromatic rings. The molecule has 0 amide bonds. The van der Waals surface area contributed by atoms with Gasteiger partial charge in [0.05, 0.1) is 12.7 Å². The van der Waals surface area contributed by atoms with Crippen molar-refractivity contribution in [3.63, 3.8) is 0 Å². The molecule has 22 heavy (non-hydrogen) atoms. The van der Waals surface area contributed by atoms with E-state index in [0.717, 1.165) is 0 Å². The lowest BCUT2D eigenvalue weighted by Gasteiger charge is -1.92. The van der Waals surface area contributed by atoms with E-state index in [-0.39, 0.29) is 10.6 Å². The summed E-state index contributed by atoms with van der Waals surface area (Å²) in [4.78, 5) is 28.5. The lowest BCUT2D eigenvalue weighted by atomic mass is 10.5. The number of nitrogens with one attached hydrogen (secondary N) is 2. The Bertz CT molecular complexity index is 867. The Labute approximate surface area is 132 Å². The number of imidazole rings is 2. The van der Waals surface area contributed by atoms with Crippen molar-refractivity contribution in [2.75, 3.05) is 11.5 Å². The van der Waals surface area contributed by atoms with Gasteiger partial charge in [0.25, 0.3) is 0 Å². The van der Waals surface area contributed by atoms with E-state index < -0.39 is 0 Å². The van der Waals surface area contributed by atoms with Gasteiger partial charge in [-0.3, -0.25) is 0 Å². The first-order chi connectivity index (χ1) is 10.5. The number of fused-ring (bicyclic) bond motifs is 2. The van der Waals surface area contributed by atoms with Crippen LogP contribution in [0.15, 0.2) is 12.7 Å². The predicted molar refractivity (Wildman–Crippen MR) is 82.2 cm³/mol. The van der Waals surface area contributed by atoms with E-state index in [1.54, 1.807) is 0 Å². The number of aromatic nitrogens is 8. The Kier molecular flexibility index (Phi) is 3.61. The van der Waals surface area contributed by atoms with Crippen LogP contribution in [0.2, 0.25) is 10.6 Å². The summed E-state index contributed by atoms with van der Waals surface area (Å²) in [5.41, 5.74) is 13.2. The monoisotopic (exact) mass is 338 g/mol. The second kappa shape index (κ2) is 5.58. The molecule has 0 unspecified atom stereocenters. The summed E-state index contributed by atoms with van der Waals surface area (Å²) in [5, 5.41) is 0.226. The highest BCUT2D eigenvalue weighted by Gasteiger charge is 2.04. The Balaban J connectivity index is 0.000000131. The van der Waals surface area contributed by atoms with Gasteiger partial charge in [0.1, 0.15) is 11.0 Å². The van der Waals surface area contributed by atoms with Crippen molar-refractivity contribution < 1.29 is 0 Å². The highest BCUT2D eigenvalue weighted by Crippen LogP contribution is 2.15. The predicted octanol–water partition coefficient (Wildman–Crippen LogP) is 1.18. The van der Waals surface area contributed by atoms with E-state index in [9.17, 15) is 0 Å². The number of nitrogens with zero attached hydrogens (tertiary/aromatic N) is 6. The van der Waals surface area contributed by atoms with Crippen molar-refractivity contribution in [3.05, 3.63) is 23.2 Å². The Morgan fingerprint density at radius 3 is 1.55 bits per heavy atom. The number of aromatic amines is 2. The summed E-state index contributed by atoms with van der Waals surface area (Å²) in [7, 11) is 0. The molecule has 0 radical (unpaired) electrons. The smallest absolute Gasteiger partial charge is 0.226 e. The SMILES string of the molecule is Nc1nc(Cl)nc2nc[nH]c12.Nc1nc(Cl)nc2nc[nH]c12. The molecule has 4 heterocycles. The first-order valence-electron chi connectivity index (χ1n) is 5.79. The third kappa shape index (κ3) is 2.69.